The number of ketones is 1. The lowest BCUT2D eigenvalue weighted by Crippen LogP contribution is -2.28. The molecule has 1 atom stereocenters. The van der Waals surface area contributed by atoms with Crippen molar-refractivity contribution in [2.75, 3.05) is 0 Å². The summed E-state index contributed by atoms with van der Waals surface area (Å²) >= 11 is 0. The molecule has 0 unspecified atom stereocenters. The third kappa shape index (κ3) is 2.09. The molecule has 0 radical (unpaired) electrons. The van der Waals surface area contributed by atoms with Gasteiger partial charge in [-0.05, 0) is 24.7 Å². The topological polar surface area (TPSA) is 17.1 Å². The SMILES string of the molecule is CCC[C@@]1(CC)CCCC(=O)C1. The van der Waals surface area contributed by atoms with Gasteiger partial charge in [-0.15, -0.1) is 0 Å². The van der Waals surface area contributed by atoms with Crippen LogP contribution < -0.4 is 0 Å². The summed E-state index contributed by atoms with van der Waals surface area (Å²) in [7, 11) is 0. The summed E-state index contributed by atoms with van der Waals surface area (Å²) < 4.78 is 0. The number of carbonyl (C=O) groups excluding carboxylic acids is 1. The standard InChI is InChI=1S/C11H20O/c1-3-7-11(4-2)8-5-6-10(12)9-11/h3-9H2,1-2H3/t11-/m0/s1. The van der Waals surface area contributed by atoms with Crippen molar-refractivity contribution >= 4 is 5.78 Å². The molecule has 0 heterocycles. The van der Waals surface area contributed by atoms with Crippen LogP contribution in [0.5, 0.6) is 0 Å². The van der Waals surface area contributed by atoms with E-state index >= 15 is 0 Å². The van der Waals surface area contributed by atoms with Crippen molar-refractivity contribution in [3.63, 3.8) is 0 Å². The van der Waals surface area contributed by atoms with E-state index in [0.29, 0.717) is 11.2 Å². The minimum Gasteiger partial charge on any atom is -0.300 e. The van der Waals surface area contributed by atoms with Crippen molar-refractivity contribution in [1.82, 2.24) is 0 Å². The van der Waals surface area contributed by atoms with Gasteiger partial charge in [0.1, 0.15) is 5.78 Å². The highest BCUT2D eigenvalue weighted by molar-refractivity contribution is 5.79. The molecule has 0 saturated heterocycles. The molecule has 0 N–H and O–H groups in total. The van der Waals surface area contributed by atoms with Crippen LogP contribution in [0.25, 0.3) is 0 Å². The number of carbonyl (C=O) groups is 1. The lowest BCUT2D eigenvalue weighted by Gasteiger charge is -2.35. The minimum absolute atomic E-state index is 0.393. The normalized spacial score (nSPS) is 30.7. The molecule has 1 aliphatic rings. The molecule has 1 nitrogen and oxygen atoms in total. The highest BCUT2D eigenvalue weighted by Gasteiger charge is 2.32. The number of rotatable bonds is 3. The van der Waals surface area contributed by atoms with Crippen LogP contribution in [-0.4, -0.2) is 5.78 Å². The summed E-state index contributed by atoms with van der Waals surface area (Å²) in [6, 6.07) is 0. The Morgan fingerprint density at radius 1 is 1.42 bits per heavy atom. The second-order valence-electron chi connectivity index (χ2n) is 4.17. The number of hydrogen-bond acceptors (Lipinski definition) is 1. The lowest BCUT2D eigenvalue weighted by molar-refractivity contribution is -0.124. The van der Waals surface area contributed by atoms with Gasteiger partial charge in [-0.2, -0.15) is 0 Å². The van der Waals surface area contributed by atoms with Crippen LogP contribution in [0.3, 0.4) is 0 Å². The summed E-state index contributed by atoms with van der Waals surface area (Å²) in [5.74, 6) is 0.497. The van der Waals surface area contributed by atoms with Crippen molar-refractivity contribution in [2.45, 2.75) is 58.8 Å². The molecule has 0 aromatic heterocycles. The maximum Gasteiger partial charge on any atom is 0.133 e. The molecule has 1 heteroatoms. The zero-order valence-corrected chi connectivity index (χ0v) is 8.36. The molecule has 0 aromatic carbocycles. The van der Waals surface area contributed by atoms with E-state index < -0.39 is 0 Å². The quantitative estimate of drug-likeness (QED) is 0.631. The molecule has 1 aliphatic carbocycles. The Morgan fingerprint density at radius 2 is 2.17 bits per heavy atom. The highest BCUT2D eigenvalue weighted by atomic mass is 16.1. The van der Waals surface area contributed by atoms with E-state index in [4.69, 9.17) is 0 Å². The van der Waals surface area contributed by atoms with Crippen molar-refractivity contribution in [3.8, 4) is 0 Å². The van der Waals surface area contributed by atoms with Gasteiger partial charge >= 0.3 is 0 Å². The second-order valence-corrected chi connectivity index (χ2v) is 4.17. The molecule has 0 amide bonds. The summed E-state index contributed by atoms with van der Waals surface area (Å²) in [5.41, 5.74) is 0.393. The maximum atomic E-state index is 11.3. The second kappa shape index (κ2) is 4.06. The minimum atomic E-state index is 0.393. The molecule has 70 valence electrons. The van der Waals surface area contributed by atoms with Crippen molar-refractivity contribution in [2.24, 2.45) is 5.41 Å². The van der Waals surface area contributed by atoms with Crippen LogP contribution in [-0.2, 0) is 4.79 Å². The fourth-order valence-electron chi connectivity index (χ4n) is 2.48. The number of hydrogen-bond donors (Lipinski definition) is 0. The first-order valence-corrected chi connectivity index (χ1v) is 5.24. The Hall–Kier alpha value is -0.330. The Bertz CT molecular complexity index is 158. The first-order valence-electron chi connectivity index (χ1n) is 5.24. The van der Waals surface area contributed by atoms with E-state index in [0.717, 1.165) is 19.3 Å². The average molecular weight is 168 g/mol. The van der Waals surface area contributed by atoms with E-state index in [1.165, 1.54) is 25.7 Å². The Morgan fingerprint density at radius 3 is 2.67 bits per heavy atom. The van der Waals surface area contributed by atoms with E-state index in [-0.39, 0.29) is 0 Å². The van der Waals surface area contributed by atoms with Crippen LogP contribution in [0.2, 0.25) is 0 Å². The number of Topliss-reactive ketones (excluding diaryl/α,β-unsaturated/α-hetero) is 1. The zero-order valence-electron chi connectivity index (χ0n) is 8.36. The van der Waals surface area contributed by atoms with Crippen molar-refractivity contribution in [1.29, 1.82) is 0 Å². The van der Waals surface area contributed by atoms with Gasteiger partial charge in [0, 0.05) is 12.8 Å². The molecule has 1 saturated carbocycles. The molecule has 0 aliphatic heterocycles. The first-order chi connectivity index (χ1) is 5.72. The van der Waals surface area contributed by atoms with Crippen molar-refractivity contribution in [3.05, 3.63) is 0 Å². The van der Waals surface area contributed by atoms with Crippen LogP contribution in [0.4, 0.5) is 0 Å². The van der Waals surface area contributed by atoms with Gasteiger partial charge in [0.05, 0.1) is 0 Å². The van der Waals surface area contributed by atoms with Crippen LogP contribution in [0, 0.1) is 5.41 Å². The molecule has 12 heavy (non-hydrogen) atoms. The van der Waals surface area contributed by atoms with Gasteiger partial charge in [0.2, 0.25) is 0 Å². The van der Waals surface area contributed by atoms with Crippen LogP contribution in [0.1, 0.15) is 58.8 Å². The van der Waals surface area contributed by atoms with Gasteiger partial charge in [-0.1, -0.05) is 26.7 Å². The lowest BCUT2D eigenvalue weighted by atomic mass is 9.69. The molecular weight excluding hydrogens is 148 g/mol. The van der Waals surface area contributed by atoms with E-state index in [2.05, 4.69) is 13.8 Å². The molecule has 1 fully saturated rings. The Balaban J connectivity index is 2.57. The average Bonchev–Trinajstić information content (AvgIpc) is 2.05. The smallest absolute Gasteiger partial charge is 0.133 e. The van der Waals surface area contributed by atoms with Gasteiger partial charge in [-0.25, -0.2) is 0 Å². The largest absolute Gasteiger partial charge is 0.300 e. The summed E-state index contributed by atoms with van der Waals surface area (Å²) in [6.45, 7) is 4.45. The molecule has 1 rings (SSSR count). The third-order valence-corrected chi connectivity index (χ3v) is 3.27. The van der Waals surface area contributed by atoms with Gasteiger partial charge in [-0.3, -0.25) is 4.79 Å². The predicted octanol–water partition coefficient (Wildman–Crippen LogP) is 3.33. The molecule has 0 spiro atoms. The fraction of sp³-hybridized carbons (Fsp3) is 0.909. The highest BCUT2D eigenvalue weighted by Crippen LogP contribution is 2.41. The first kappa shape index (κ1) is 9.76. The molecular formula is C11H20O. The summed E-state index contributed by atoms with van der Waals surface area (Å²) in [6.07, 6.45) is 7.77. The van der Waals surface area contributed by atoms with Crippen LogP contribution in [0.15, 0.2) is 0 Å². The Labute approximate surface area is 75.5 Å². The monoisotopic (exact) mass is 168 g/mol. The Kier molecular flexibility index (Phi) is 3.30. The van der Waals surface area contributed by atoms with Crippen LogP contribution >= 0.6 is 0 Å². The van der Waals surface area contributed by atoms with Gasteiger partial charge in [0.25, 0.3) is 0 Å². The fourth-order valence-corrected chi connectivity index (χ4v) is 2.48. The van der Waals surface area contributed by atoms with Gasteiger partial charge in [0.15, 0.2) is 0 Å². The van der Waals surface area contributed by atoms with E-state index in [1.54, 1.807) is 0 Å². The van der Waals surface area contributed by atoms with Gasteiger partial charge < -0.3 is 0 Å². The van der Waals surface area contributed by atoms with E-state index in [1.807, 2.05) is 0 Å². The van der Waals surface area contributed by atoms with Crippen molar-refractivity contribution < 1.29 is 4.79 Å². The molecule has 0 aromatic rings. The molecule has 0 bridgehead atoms. The van der Waals surface area contributed by atoms with E-state index in [9.17, 15) is 4.79 Å². The maximum absolute atomic E-state index is 11.3. The summed E-state index contributed by atoms with van der Waals surface area (Å²) in [5, 5.41) is 0. The summed E-state index contributed by atoms with van der Waals surface area (Å²) in [4.78, 5) is 11.3. The predicted molar refractivity (Wildman–Crippen MR) is 51.1 cm³/mol. The zero-order chi connectivity index (χ0) is 9.03. The third-order valence-electron chi connectivity index (χ3n) is 3.27.